The lowest BCUT2D eigenvalue weighted by atomic mass is 10.1. The van der Waals surface area contributed by atoms with Crippen molar-refractivity contribution in [2.45, 2.75) is 72.2 Å². The first kappa shape index (κ1) is 25.2. The van der Waals surface area contributed by atoms with E-state index in [1.54, 1.807) is 0 Å². The van der Waals surface area contributed by atoms with Crippen LogP contribution in [-0.4, -0.2) is 45.0 Å². The molecule has 1 heterocycles. The molecule has 0 spiro atoms. The second kappa shape index (κ2) is 12.1. The third-order valence-electron chi connectivity index (χ3n) is 4.73. The van der Waals surface area contributed by atoms with Gasteiger partial charge in [-0.3, -0.25) is 0 Å². The fourth-order valence-electron chi connectivity index (χ4n) is 2.96. The number of carbonyl (C=O) groups is 1. The van der Waals surface area contributed by atoms with Gasteiger partial charge in [0.25, 0.3) is 0 Å². The highest BCUT2D eigenvalue weighted by molar-refractivity contribution is 5.79. The summed E-state index contributed by atoms with van der Waals surface area (Å²) in [5.74, 6) is 2.30. The van der Waals surface area contributed by atoms with E-state index < -0.39 is 11.7 Å². The molecule has 1 aromatic heterocycles. The number of nitrogens with one attached hydrogen (secondary N) is 3. The van der Waals surface area contributed by atoms with Crippen molar-refractivity contribution in [3.63, 3.8) is 0 Å². The van der Waals surface area contributed by atoms with E-state index in [9.17, 15) is 4.79 Å². The smallest absolute Gasteiger partial charge is 0.407 e. The summed E-state index contributed by atoms with van der Waals surface area (Å²) in [5, 5.41) is 17.9. The van der Waals surface area contributed by atoms with E-state index in [2.05, 4.69) is 33.1 Å². The lowest BCUT2D eigenvalue weighted by Crippen LogP contribution is -2.48. The Labute approximate surface area is 191 Å². The van der Waals surface area contributed by atoms with E-state index in [1.165, 1.54) is 0 Å². The van der Waals surface area contributed by atoms with E-state index in [4.69, 9.17) is 9.73 Å². The SMILES string of the molecule is CCCC(CNC(=NCc1ccccc1)NCc1nnc(C)n1C)NC(=O)OC(C)(C)C. The predicted octanol–water partition coefficient (Wildman–Crippen LogP) is 3.05. The number of benzene rings is 1. The second-order valence-electron chi connectivity index (χ2n) is 8.74. The third kappa shape index (κ3) is 8.95. The molecule has 176 valence electrons. The van der Waals surface area contributed by atoms with E-state index in [-0.39, 0.29) is 6.04 Å². The van der Waals surface area contributed by atoms with E-state index in [0.29, 0.717) is 25.6 Å². The molecule has 0 saturated carbocycles. The molecule has 3 N–H and O–H groups in total. The van der Waals surface area contributed by atoms with Gasteiger partial charge in [0.2, 0.25) is 0 Å². The summed E-state index contributed by atoms with van der Waals surface area (Å²) in [7, 11) is 1.93. The van der Waals surface area contributed by atoms with Crippen LogP contribution in [-0.2, 0) is 24.9 Å². The Morgan fingerprint density at radius 3 is 2.50 bits per heavy atom. The number of carbonyl (C=O) groups excluding carboxylic acids is 1. The molecule has 0 aliphatic rings. The zero-order chi connectivity index (χ0) is 23.6. The van der Waals surface area contributed by atoms with Crippen LogP contribution in [0.3, 0.4) is 0 Å². The lowest BCUT2D eigenvalue weighted by molar-refractivity contribution is 0.0502. The largest absolute Gasteiger partial charge is 0.444 e. The Hall–Kier alpha value is -3.10. The summed E-state index contributed by atoms with van der Waals surface area (Å²) in [5.41, 5.74) is 0.576. The van der Waals surface area contributed by atoms with Crippen molar-refractivity contribution in [2.75, 3.05) is 6.54 Å². The molecule has 0 radical (unpaired) electrons. The number of rotatable bonds is 9. The predicted molar refractivity (Wildman–Crippen MR) is 126 cm³/mol. The quantitative estimate of drug-likeness (QED) is 0.406. The molecule has 9 heteroatoms. The average molecular weight is 444 g/mol. The highest BCUT2D eigenvalue weighted by atomic mass is 16.6. The number of nitrogens with zero attached hydrogens (tertiary/aromatic N) is 4. The number of hydrogen-bond acceptors (Lipinski definition) is 5. The van der Waals surface area contributed by atoms with Crippen molar-refractivity contribution in [3.8, 4) is 0 Å². The van der Waals surface area contributed by atoms with Crippen molar-refractivity contribution < 1.29 is 9.53 Å². The van der Waals surface area contributed by atoms with Crippen LogP contribution in [0, 0.1) is 6.92 Å². The van der Waals surface area contributed by atoms with Gasteiger partial charge in [-0.25, -0.2) is 9.79 Å². The lowest BCUT2D eigenvalue weighted by Gasteiger charge is -2.24. The molecule has 0 saturated heterocycles. The van der Waals surface area contributed by atoms with Gasteiger partial charge in [0.05, 0.1) is 13.1 Å². The molecule has 2 rings (SSSR count). The van der Waals surface area contributed by atoms with Crippen LogP contribution in [0.1, 0.15) is 57.7 Å². The molecule has 0 fully saturated rings. The van der Waals surface area contributed by atoms with E-state index in [0.717, 1.165) is 30.1 Å². The molecule has 32 heavy (non-hydrogen) atoms. The molecule has 0 aliphatic carbocycles. The number of aromatic nitrogens is 3. The Balaban J connectivity index is 2.04. The number of ether oxygens (including phenoxy) is 1. The number of hydrogen-bond donors (Lipinski definition) is 3. The number of amides is 1. The first-order chi connectivity index (χ1) is 15.2. The molecule has 1 aromatic carbocycles. The number of aliphatic imine (C=N–C) groups is 1. The van der Waals surface area contributed by atoms with Gasteiger partial charge in [0, 0.05) is 19.6 Å². The van der Waals surface area contributed by atoms with Crippen LogP contribution in [0.5, 0.6) is 0 Å². The monoisotopic (exact) mass is 443 g/mol. The molecule has 1 unspecified atom stereocenters. The number of guanidine groups is 1. The molecule has 1 amide bonds. The van der Waals surface area contributed by atoms with Crippen LogP contribution >= 0.6 is 0 Å². The van der Waals surface area contributed by atoms with Gasteiger partial charge in [0.1, 0.15) is 11.4 Å². The van der Waals surface area contributed by atoms with Gasteiger partial charge >= 0.3 is 6.09 Å². The molecule has 9 nitrogen and oxygen atoms in total. The maximum absolute atomic E-state index is 12.2. The van der Waals surface area contributed by atoms with Gasteiger partial charge in [0.15, 0.2) is 11.8 Å². The Kier molecular flexibility index (Phi) is 9.49. The molecule has 0 aliphatic heterocycles. The minimum absolute atomic E-state index is 0.0874. The van der Waals surface area contributed by atoms with Gasteiger partial charge in [-0.05, 0) is 39.7 Å². The summed E-state index contributed by atoms with van der Waals surface area (Å²) in [6.45, 7) is 11.1. The summed E-state index contributed by atoms with van der Waals surface area (Å²) in [6.07, 6.45) is 1.34. The minimum atomic E-state index is -0.535. The van der Waals surface area contributed by atoms with Gasteiger partial charge < -0.3 is 25.3 Å². The van der Waals surface area contributed by atoms with Crippen molar-refractivity contribution in [1.29, 1.82) is 0 Å². The third-order valence-corrected chi connectivity index (χ3v) is 4.73. The molecule has 0 bridgehead atoms. The first-order valence-corrected chi connectivity index (χ1v) is 11.1. The molecular formula is C23H37N7O2. The molecule has 2 aromatic rings. The molecule has 1 atom stereocenters. The van der Waals surface area contributed by atoms with Crippen LogP contribution in [0.4, 0.5) is 4.79 Å². The summed E-state index contributed by atoms with van der Waals surface area (Å²) < 4.78 is 7.34. The molecular weight excluding hydrogens is 406 g/mol. The Morgan fingerprint density at radius 2 is 1.91 bits per heavy atom. The Bertz CT molecular complexity index is 872. The summed E-state index contributed by atoms with van der Waals surface area (Å²) >= 11 is 0. The van der Waals surface area contributed by atoms with Crippen LogP contribution < -0.4 is 16.0 Å². The van der Waals surface area contributed by atoms with Crippen molar-refractivity contribution in [2.24, 2.45) is 12.0 Å². The average Bonchev–Trinajstić information content (AvgIpc) is 3.04. The fraction of sp³-hybridized carbons (Fsp3) is 0.565. The first-order valence-electron chi connectivity index (χ1n) is 11.1. The summed E-state index contributed by atoms with van der Waals surface area (Å²) in [4.78, 5) is 16.9. The zero-order valence-electron chi connectivity index (χ0n) is 20.1. The van der Waals surface area contributed by atoms with Gasteiger partial charge in [-0.2, -0.15) is 0 Å². The van der Waals surface area contributed by atoms with E-state index >= 15 is 0 Å². The van der Waals surface area contributed by atoms with Crippen LogP contribution in [0.2, 0.25) is 0 Å². The Morgan fingerprint density at radius 1 is 1.19 bits per heavy atom. The van der Waals surface area contributed by atoms with Gasteiger partial charge in [-0.1, -0.05) is 43.7 Å². The standard InChI is InChI=1S/C23H37N7O2/c1-7-11-19(27-22(31)32-23(3,4)5)15-25-21(24-14-18-12-9-8-10-13-18)26-16-20-29-28-17(2)30(20)6/h8-10,12-13,19H,7,11,14-16H2,1-6H3,(H,27,31)(H2,24,25,26). The number of aryl methyl sites for hydroxylation is 1. The van der Waals surface area contributed by atoms with Crippen molar-refractivity contribution in [1.82, 2.24) is 30.7 Å². The maximum Gasteiger partial charge on any atom is 0.407 e. The zero-order valence-corrected chi connectivity index (χ0v) is 20.1. The highest BCUT2D eigenvalue weighted by Gasteiger charge is 2.19. The topological polar surface area (TPSA) is 105 Å². The normalized spacial score (nSPS) is 12.9. The van der Waals surface area contributed by atoms with Crippen LogP contribution in [0.25, 0.3) is 0 Å². The van der Waals surface area contributed by atoms with Gasteiger partial charge in [-0.15, -0.1) is 10.2 Å². The number of alkyl carbamates (subject to hydrolysis) is 1. The maximum atomic E-state index is 12.2. The van der Waals surface area contributed by atoms with Crippen molar-refractivity contribution in [3.05, 3.63) is 47.5 Å². The fourth-order valence-corrected chi connectivity index (χ4v) is 2.96. The highest BCUT2D eigenvalue weighted by Crippen LogP contribution is 2.07. The minimum Gasteiger partial charge on any atom is -0.444 e. The second-order valence-corrected chi connectivity index (χ2v) is 8.74. The van der Waals surface area contributed by atoms with Crippen LogP contribution in [0.15, 0.2) is 35.3 Å². The van der Waals surface area contributed by atoms with E-state index in [1.807, 2.05) is 69.6 Å². The van der Waals surface area contributed by atoms with Crippen molar-refractivity contribution >= 4 is 12.1 Å². The summed E-state index contributed by atoms with van der Waals surface area (Å²) in [6, 6.07) is 9.97.